The number of amides is 1. The molecule has 24 heavy (non-hydrogen) atoms. The van der Waals surface area contributed by atoms with Gasteiger partial charge in [0, 0.05) is 17.8 Å². The van der Waals surface area contributed by atoms with Crippen LogP contribution < -0.4 is 20.5 Å². The Morgan fingerprint density at radius 1 is 1.04 bits per heavy atom. The molecule has 0 bridgehead atoms. The van der Waals surface area contributed by atoms with Crippen LogP contribution in [-0.2, 0) is 4.79 Å². The molecule has 2 aromatic rings. The van der Waals surface area contributed by atoms with E-state index in [9.17, 15) is 4.79 Å². The molecule has 0 radical (unpaired) electrons. The third-order valence-electron chi connectivity index (χ3n) is 3.15. The minimum atomic E-state index is -0.339. The molecule has 0 saturated carbocycles. The van der Waals surface area contributed by atoms with Gasteiger partial charge in [-0.05, 0) is 35.9 Å². The van der Waals surface area contributed by atoms with Crippen molar-refractivity contribution in [2.24, 2.45) is 0 Å². The fourth-order valence-electron chi connectivity index (χ4n) is 1.94. The van der Waals surface area contributed by atoms with Crippen molar-refractivity contribution in [1.29, 1.82) is 0 Å². The maximum Gasteiger partial charge on any atom is 0.248 e. The lowest BCUT2D eigenvalue weighted by Crippen LogP contribution is -2.08. The zero-order valence-electron chi connectivity index (χ0n) is 13.1. The van der Waals surface area contributed by atoms with Gasteiger partial charge in [0.1, 0.15) is 11.5 Å². The molecule has 0 aliphatic heterocycles. The average molecular weight is 367 g/mol. The SMILES string of the molecule is COc1cc(/C=C/C(=O)Nc2cc(Cl)c(N)c(Cl)c2)cc(OC)c1. The van der Waals surface area contributed by atoms with Crippen LogP contribution >= 0.6 is 23.2 Å². The molecule has 0 saturated heterocycles. The molecule has 0 aliphatic rings. The molecule has 0 aliphatic carbocycles. The number of methoxy groups -OCH3 is 2. The Kier molecular flexibility index (Phi) is 5.95. The van der Waals surface area contributed by atoms with E-state index in [1.165, 1.54) is 18.2 Å². The number of nitrogens with two attached hydrogens (primary N) is 1. The van der Waals surface area contributed by atoms with Gasteiger partial charge in [-0.1, -0.05) is 23.2 Å². The maximum atomic E-state index is 12.0. The molecule has 0 fully saturated rings. The molecule has 0 spiro atoms. The van der Waals surface area contributed by atoms with Crippen LogP contribution in [0, 0.1) is 0 Å². The standard InChI is InChI=1S/C17H16Cl2N2O3/c1-23-12-5-10(6-13(9-12)24-2)3-4-16(22)21-11-7-14(18)17(20)15(19)8-11/h3-9H,20H2,1-2H3,(H,21,22)/b4-3+. The summed E-state index contributed by atoms with van der Waals surface area (Å²) in [6.45, 7) is 0. The molecule has 0 atom stereocenters. The summed E-state index contributed by atoms with van der Waals surface area (Å²) in [6, 6.07) is 8.37. The largest absolute Gasteiger partial charge is 0.497 e. The number of nitrogens with one attached hydrogen (secondary N) is 1. The van der Waals surface area contributed by atoms with Crippen LogP contribution in [0.1, 0.15) is 5.56 Å². The monoisotopic (exact) mass is 366 g/mol. The van der Waals surface area contributed by atoms with Gasteiger partial charge in [-0.3, -0.25) is 4.79 Å². The van der Waals surface area contributed by atoms with Crippen LogP contribution in [0.2, 0.25) is 10.0 Å². The van der Waals surface area contributed by atoms with Gasteiger partial charge in [0.25, 0.3) is 0 Å². The number of rotatable bonds is 5. The summed E-state index contributed by atoms with van der Waals surface area (Å²) in [5, 5.41) is 3.22. The fraction of sp³-hybridized carbons (Fsp3) is 0.118. The fourth-order valence-corrected chi connectivity index (χ4v) is 2.43. The molecule has 7 heteroatoms. The summed E-state index contributed by atoms with van der Waals surface area (Å²) >= 11 is 11.9. The van der Waals surface area contributed by atoms with E-state index >= 15 is 0 Å². The van der Waals surface area contributed by atoms with E-state index in [1.54, 1.807) is 38.5 Å². The van der Waals surface area contributed by atoms with Crippen molar-refractivity contribution in [3.8, 4) is 11.5 Å². The summed E-state index contributed by atoms with van der Waals surface area (Å²) in [7, 11) is 3.12. The molecule has 1 amide bonds. The number of hydrogen-bond donors (Lipinski definition) is 2. The highest BCUT2D eigenvalue weighted by Gasteiger charge is 2.06. The molecule has 5 nitrogen and oxygen atoms in total. The van der Waals surface area contributed by atoms with Crippen molar-refractivity contribution in [3.63, 3.8) is 0 Å². The van der Waals surface area contributed by atoms with Gasteiger partial charge in [-0.15, -0.1) is 0 Å². The number of anilines is 2. The number of hydrogen-bond acceptors (Lipinski definition) is 4. The van der Waals surface area contributed by atoms with Gasteiger partial charge in [-0.2, -0.15) is 0 Å². The highest BCUT2D eigenvalue weighted by Crippen LogP contribution is 2.31. The van der Waals surface area contributed by atoms with E-state index in [2.05, 4.69) is 5.32 Å². The molecular weight excluding hydrogens is 351 g/mol. The normalized spacial score (nSPS) is 10.7. The molecule has 3 N–H and O–H groups in total. The van der Waals surface area contributed by atoms with Crippen LogP contribution in [0.15, 0.2) is 36.4 Å². The molecule has 0 unspecified atom stereocenters. The lowest BCUT2D eigenvalue weighted by molar-refractivity contribution is -0.111. The third-order valence-corrected chi connectivity index (χ3v) is 3.77. The summed E-state index contributed by atoms with van der Waals surface area (Å²) in [4.78, 5) is 12.0. The second-order valence-electron chi connectivity index (χ2n) is 4.82. The van der Waals surface area contributed by atoms with Gasteiger partial charge in [0.05, 0.1) is 30.0 Å². The van der Waals surface area contributed by atoms with Crippen LogP contribution in [0.4, 0.5) is 11.4 Å². The first-order valence-corrected chi connectivity index (χ1v) is 7.65. The van der Waals surface area contributed by atoms with E-state index in [-0.39, 0.29) is 21.6 Å². The first kappa shape index (κ1) is 18.0. The number of benzene rings is 2. The van der Waals surface area contributed by atoms with Crippen molar-refractivity contribution in [1.82, 2.24) is 0 Å². The summed E-state index contributed by atoms with van der Waals surface area (Å²) in [5.74, 6) is 0.923. The topological polar surface area (TPSA) is 73.6 Å². The van der Waals surface area contributed by atoms with Crippen LogP contribution in [0.5, 0.6) is 11.5 Å². The van der Waals surface area contributed by atoms with Crippen LogP contribution in [0.3, 0.4) is 0 Å². The Morgan fingerprint density at radius 2 is 1.58 bits per heavy atom. The minimum absolute atomic E-state index is 0.273. The van der Waals surface area contributed by atoms with Gasteiger partial charge in [0.15, 0.2) is 0 Å². The molecule has 2 rings (SSSR count). The van der Waals surface area contributed by atoms with Crippen LogP contribution in [-0.4, -0.2) is 20.1 Å². The molecule has 0 heterocycles. The smallest absolute Gasteiger partial charge is 0.248 e. The van der Waals surface area contributed by atoms with Gasteiger partial charge >= 0.3 is 0 Å². The second kappa shape index (κ2) is 7.95. The van der Waals surface area contributed by atoms with E-state index in [1.807, 2.05) is 0 Å². The Bertz CT molecular complexity index is 746. The quantitative estimate of drug-likeness (QED) is 0.612. The first-order chi connectivity index (χ1) is 11.4. The van der Waals surface area contributed by atoms with Crippen molar-refractivity contribution in [2.45, 2.75) is 0 Å². The van der Waals surface area contributed by atoms with Crippen molar-refractivity contribution >= 4 is 46.6 Å². The third kappa shape index (κ3) is 4.57. The van der Waals surface area contributed by atoms with Gasteiger partial charge in [0.2, 0.25) is 5.91 Å². The molecule has 0 aromatic heterocycles. The zero-order valence-corrected chi connectivity index (χ0v) is 14.6. The first-order valence-electron chi connectivity index (χ1n) is 6.89. The number of carbonyl (C=O) groups is 1. The predicted molar refractivity (Wildman–Crippen MR) is 98.1 cm³/mol. The Morgan fingerprint density at radius 3 is 2.08 bits per heavy atom. The number of nitrogen functional groups attached to an aromatic ring is 1. The van der Waals surface area contributed by atoms with Crippen molar-refractivity contribution < 1.29 is 14.3 Å². The lowest BCUT2D eigenvalue weighted by Gasteiger charge is -2.07. The van der Waals surface area contributed by atoms with Gasteiger partial charge < -0.3 is 20.5 Å². The summed E-state index contributed by atoms with van der Waals surface area (Å²) in [6.07, 6.45) is 3.02. The summed E-state index contributed by atoms with van der Waals surface area (Å²) in [5.41, 5.74) is 7.14. The molecule has 126 valence electrons. The number of ether oxygens (including phenoxy) is 2. The highest BCUT2D eigenvalue weighted by atomic mass is 35.5. The maximum absolute atomic E-state index is 12.0. The van der Waals surface area contributed by atoms with Crippen molar-refractivity contribution in [2.75, 3.05) is 25.3 Å². The van der Waals surface area contributed by atoms with E-state index in [0.29, 0.717) is 17.2 Å². The number of halogens is 2. The molecular formula is C17H16Cl2N2O3. The van der Waals surface area contributed by atoms with Gasteiger partial charge in [-0.25, -0.2) is 0 Å². The number of carbonyl (C=O) groups excluding carboxylic acids is 1. The lowest BCUT2D eigenvalue weighted by atomic mass is 10.2. The second-order valence-corrected chi connectivity index (χ2v) is 5.64. The average Bonchev–Trinajstić information content (AvgIpc) is 2.57. The highest BCUT2D eigenvalue weighted by molar-refractivity contribution is 6.39. The van der Waals surface area contributed by atoms with E-state index in [0.717, 1.165) is 5.56 Å². The minimum Gasteiger partial charge on any atom is -0.497 e. The Hall–Kier alpha value is -2.37. The Labute approximate surface area is 150 Å². The zero-order chi connectivity index (χ0) is 17.7. The Balaban J connectivity index is 2.13. The van der Waals surface area contributed by atoms with E-state index < -0.39 is 0 Å². The summed E-state index contributed by atoms with van der Waals surface area (Å²) < 4.78 is 10.4. The predicted octanol–water partition coefficient (Wildman–Crippen LogP) is 4.24. The van der Waals surface area contributed by atoms with Crippen LogP contribution in [0.25, 0.3) is 6.08 Å². The van der Waals surface area contributed by atoms with Crippen molar-refractivity contribution in [3.05, 3.63) is 52.0 Å². The molecule has 2 aromatic carbocycles. The van der Waals surface area contributed by atoms with E-state index in [4.69, 9.17) is 38.4 Å².